The lowest BCUT2D eigenvalue weighted by Gasteiger charge is -2.41. The molecule has 3 N–H and O–H groups in total. The van der Waals surface area contributed by atoms with Crippen LogP contribution in [0.1, 0.15) is 92.7 Å². The Morgan fingerprint density at radius 2 is 1.54 bits per heavy atom. The molecule has 1 aliphatic rings. The van der Waals surface area contributed by atoms with Crippen molar-refractivity contribution in [3.63, 3.8) is 0 Å². The van der Waals surface area contributed by atoms with Gasteiger partial charge < -0.3 is 39.8 Å². The van der Waals surface area contributed by atoms with Gasteiger partial charge in [-0.2, -0.15) is 0 Å². The van der Waals surface area contributed by atoms with Crippen molar-refractivity contribution in [2.75, 3.05) is 47.2 Å². The molecule has 1 aliphatic heterocycles. The summed E-state index contributed by atoms with van der Waals surface area (Å²) < 4.78 is 17.5. The Balaban J connectivity index is 1.69. The van der Waals surface area contributed by atoms with Crippen molar-refractivity contribution in [1.29, 1.82) is 0 Å². The highest BCUT2D eigenvalue weighted by molar-refractivity contribution is 8.76. The van der Waals surface area contributed by atoms with Crippen LogP contribution in [-0.4, -0.2) is 144 Å². The number of likely N-dealkylation sites (N-methyl/N-ethyl adjacent to an activating group) is 2. The number of ether oxygens (including phenoxy) is 3. The predicted molar refractivity (Wildman–Crippen MR) is 261 cm³/mol. The number of carbonyl (C=O) groups excluding carboxylic acids is 5. The highest BCUT2D eigenvalue weighted by atomic mass is 33.1. The Kier molecular flexibility index (Phi) is 23.4. The fourth-order valence-corrected chi connectivity index (χ4v) is 10.5. The van der Waals surface area contributed by atoms with Crippen LogP contribution in [0, 0.1) is 33.8 Å². The van der Waals surface area contributed by atoms with Crippen LogP contribution < -0.4 is 10.6 Å². The van der Waals surface area contributed by atoms with E-state index in [9.17, 15) is 39.2 Å². The molecule has 17 nitrogen and oxygen atoms in total. The van der Waals surface area contributed by atoms with Crippen molar-refractivity contribution in [1.82, 2.24) is 25.3 Å². The number of methoxy groups -OCH3 is 2. The van der Waals surface area contributed by atoms with Gasteiger partial charge in [-0.1, -0.05) is 107 Å². The molecule has 67 heavy (non-hydrogen) atoms. The molecule has 5 amide bonds. The third kappa shape index (κ3) is 15.8. The molecule has 0 spiro atoms. The van der Waals surface area contributed by atoms with Gasteiger partial charge in [0.05, 0.1) is 53.7 Å². The standard InChI is InChI=1S/C48H74N6O11S2/c1-13-31(6)42(38(63-11)28-39(55)53-25-17-20-37(53)44(64-12)32(7)45(57)49-33(8)43(56)34-18-15-14-16-19-34)51(9)47(59)40(29(2)3)50-46(58)41(30(4)5)52(10)48(60)65-26-27-66-67-36-23-21-35(22-24-36)54(61)62/h14-16,18-19,21-24,29-33,37-38,40-44,56H,13,17,20,25-28H2,1-12H3,(H,49,57)(H,50,58)/t31-,32+,33+,37-,38+,40-,41-,42-,43+,44+/m0/s1. The Labute approximate surface area is 404 Å². The maximum Gasteiger partial charge on any atom is 0.410 e. The number of benzene rings is 2. The molecule has 0 aliphatic carbocycles. The summed E-state index contributed by atoms with van der Waals surface area (Å²) in [5.41, 5.74) is 0.684. The van der Waals surface area contributed by atoms with Crippen LogP contribution in [-0.2, 0) is 33.4 Å². The van der Waals surface area contributed by atoms with Crippen LogP contribution in [0.3, 0.4) is 0 Å². The van der Waals surface area contributed by atoms with Crippen LogP contribution in [0.4, 0.5) is 10.5 Å². The molecule has 19 heteroatoms. The normalized spacial score (nSPS) is 17.9. The maximum atomic E-state index is 14.6. The third-order valence-electron chi connectivity index (χ3n) is 12.7. The maximum absolute atomic E-state index is 14.6. The number of nitro groups is 1. The Morgan fingerprint density at radius 3 is 2.09 bits per heavy atom. The molecule has 0 saturated carbocycles. The predicted octanol–water partition coefficient (Wildman–Crippen LogP) is 6.73. The zero-order valence-corrected chi connectivity index (χ0v) is 42.8. The summed E-state index contributed by atoms with van der Waals surface area (Å²) in [6.45, 7) is 15.3. The molecule has 0 unspecified atom stereocenters. The summed E-state index contributed by atoms with van der Waals surface area (Å²) in [5.74, 6) is -2.44. The van der Waals surface area contributed by atoms with E-state index in [1.54, 1.807) is 68.8 Å². The number of hydrogen-bond acceptors (Lipinski definition) is 13. The highest BCUT2D eigenvalue weighted by Crippen LogP contribution is 2.33. The van der Waals surface area contributed by atoms with Crippen LogP contribution >= 0.6 is 21.6 Å². The lowest BCUT2D eigenvalue weighted by Crippen LogP contribution is -2.60. The van der Waals surface area contributed by atoms with Crippen LogP contribution in [0.25, 0.3) is 0 Å². The second-order valence-electron chi connectivity index (χ2n) is 18.0. The van der Waals surface area contributed by atoms with Gasteiger partial charge in [-0.25, -0.2) is 4.79 Å². The molecule has 3 rings (SSSR count). The van der Waals surface area contributed by atoms with Crippen molar-refractivity contribution in [3.8, 4) is 0 Å². The zero-order chi connectivity index (χ0) is 50.1. The lowest BCUT2D eigenvalue weighted by molar-refractivity contribution is -0.384. The first-order valence-corrected chi connectivity index (χ1v) is 25.4. The molecule has 2 aromatic carbocycles. The van der Waals surface area contributed by atoms with Gasteiger partial charge in [-0.05, 0) is 55.2 Å². The molecule has 10 atom stereocenters. The Bertz CT molecular complexity index is 1910. The fraction of sp³-hybridized carbons (Fsp3) is 0.646. The number of rotatable bonds is 26. The summed E-state index contributed by atoms with van der Waals surface area (Å²) in [6, 6.07) is 11.8. The average molecular weight is 975 g/mol. The summed E-state index contributed by atoms with van der Waals surface area (Å²) >= 11 is 0. The van der Waals surface area contributed by atoms with E-state index in [0.717, 1.165) is 4.90 Å². The molecular formula is C48H74N6O11S2. The second-order valence-corrected chi connectivity index (χ2v) is 20.5. The highest BCUT2D eigenvalue weighted by Gasteiger charge is 2.43. The number of carbonyl (C=O) groups is 5. The quantitative estimate of drug-likeness (QED) is 0.0387. The van der Waals surface area contributed by atoms with Gasteiger partial charge >= 0.3 is 6.09 Å². The van der Waals surface area contributed by atoms with Gasteiger partial charge in [0.1, 0.15) is 18.7 Å². The third-order valence-corrected chi connectivity index (χ3v) is 15.0. The van der Waals surface area contributed by atoms with Crippen LogP contribution in [0.5, 0.6) is 0 Å². The summed E-state index contributed by atoms with van der Waals surface area (Å²) in [7, 11) is 8.99. The van der Waals surface area contributed by atoms with E-state index in [-0.39, 0.29) is 54.2 Å². The largest absolute Gasteiger partial charge is 0.448 e. The van der Waals surface area contributed by atoms with E-state index >= 15 is 0 Å². The topological polar surface area (TPSA) is 210 Å². The summed E-state index contributed by atoms with van der Waals surface area (Å²) in [6.07, 6.45) is -1.02. The fourth-order valence-electron chi connectivity index (χ4n) is 8.69. The number of likely N-dealkylation sites (tertiary alicyclic amines) is 1. The molecule has 0 bridgehead atoms. The summed E-state index contributed by atoms with van der Waals surface area (Å²) in [4.78, 5) is 85.6. The first-order chi connectivity index (χ1) is 31.7. The van der Waals surface area contributed by atoms with Crippen molar-refractivity contribution >= 4 is 57.0 Å². The molecule has 1 fully saturated rings. The second kappa shape index (κ2) is 27.5. The van der Waals surface area contributed by atoms with Crippen LogP contribution in [0.15, 0.2) is 59.5 Å². The molecule has 374 valence electrons. The molecule has 1 saturated heterocycles. The minimum absolute atomic E-state index is 0.00111. The van der Waals surface area contributed by atoms with Gasteiger partial charge in [0.25, 0.3) is 5.69 Å². The first kappa shape index (κ1) is 56.9. The Hall–Kier alpha value is -4.43. The van der Waals surface area contributed by atoms with Crippen molar-refractivity contribution in [2.45, 2.75) is 134 Å². The Morgan fingerprint density at radius 1 is 0.896 bits per heavy atom. The smallest absolute Gasteiger partial charge is 0.410 e. The van der Waals surface area contributed by atoms with Gasteiger partial charge in [0, 0.05) is 57.6 Å². The first-order valence-electron chi connectivity index (χ1n) is 23.1. The van der Waals surface area contributed by atoms with Gasteiger partial charge in [0.2, 0.25) is 23.6 Å². The molecule has 0 aromatic heterocycles. The number of amides is 5. The van der Waals surface area contributed by atoms with Crippen molar-refractivity contribution < 1.29 is 48.2 Å². The van der Waals surface area contributed by atoms with E-state index in [1.807, 2.05) is 45.9 Å². The minimum atomic E-state index is -0.981. The lowest BCUT2D eigenvalue weighted by atomic mass is 9.89. The number of aliphatic hydroxyl groups is 1. The average Bonchev–Trinajstić information content (AvgIpc) is 3.79. The zero-order valence-electron chi connectivity index (χ0n) is 41.2. The van der Waals surface area contributed by atoms with Crippen molar-refractivity contribution in [2.24, 2.45) is 23.7 Å². The van der Waals surface area contributed by atoms with Gasteiger partial charge in [-0.15, -0.1) is 0 Å². The number of nitro benzene ring substituents is 1. The number of nitrogens with zero attached hydrogens (tertiary/aromatic N) is 4. The monoisotopic (exact) mass is 974 g/mol. The van der Waals surface area contributed by atoms with Crippen LogP contribution in [0.2, 0.25) is 0 Å². The molecule has 0 radical (unpaired) electrons. The van der Waals surface area contributed by atoms with E-state index in [1.165, 1.54) is 59.9 Å². The minimum Gasteiger partial charge on any atom is -0.448 e. The van der Waals surface area contributed by atoms with E-state index in [2.05, 4.69) is 10.6 Å². The van der Waals surface area contributed by atoms with Crippen molar-refractivity contribution in [3.05, 3.63) is 70.3 Å². The SMILES string of the molecule is CC[C@H](C)[C@@H]([C@@H](CC(=O)N1CCC[C@H]1[C@H](OC)[C@@H](C)C(=O)N[C@H](C)[C@@H](O)c1ccccc1)OC)N(C)C(=O)[C@@H](NC(=O)[C@H](C(C)C)N(C)C(=O)OCCSSc1ccc([N+](=O)[O-])cc1)C(C)C. The molecular weight excluding hydrogens is 901 g/mol. The molecule has 2 aromatic rings. The van der Waals surface area contributed by atoms with Gasteiger partial charge in [0.15, 0.2) is 0 Å². The van der Waals surface area contributed by atoms with E-state index in [0.29, 0.717) is 37.1 Å². The number of non-ortho nitro benzene ring substituents is 1. The molecule has 1 heterocycles. The number of nitrogens with one attached hydrogen (secondary N) is 2. The number of aliphatic hydroxyl groups excluding tert-OH is 1. The van der Waals surface area contributed by atoms with E-state index < -0.39 is 71.4 Å². The van der Waals surface area contributed by atoms with E-state index in [4.69, 9.17) is 14.2 Å². The number of hydrogen-bond donors (Lipinski definition) is 3. The van der Waals surface area contributed by atoms with Gasteiger partial charge in [-0.3, -0.25) is 34.2 Å². The summed E-state index contributed by atoms with van der Waals surface area (Å²) in [5, 5.41) is 27.7.